The second-order valence-electron chi connectivity index (χ2n) is 23.7. The molecule has 0 bridgehead atoms. The van der Waals surface area contributed by atoms with E-state index in [2.05, 4.69) is 122 Å². The lowest BCUT2D eigenvalue weighted by molar-refractivity contribution is -0.124. The molecule has 0 saturated heterocycles. The second kappa shape index (κ2) is 25.6. The molecule has 0 aliphatic carbocycles. The number of fused-ring (bicyclic) bond motifs is 4. The first-order valence-corrected chi connectivity index (χ1v) is 32.1. The lowest BCUT2D eigenvalue weighted by Crippen LogP contribution is -2.34. The topological polar surface area (TPSA) is 57.7 Å². The zero-order valence-corrected chi connectivity index (χ0v) is 50.4. The van der Waals surface area contributed by atoms with Crippen LogP contribution in [0.2, 0.25) is 0 Å². The van der Waals surface area contributed by atoms with Gasteiger partial charge in [-0.25, -0.2) is 0 Å². The molecule has 0 spiro atoms. The highest BCUT2D eigenvalue weighted by Gasteiger charge is 2.50. The maximum Gasteiger partial charge on any atom is 0.261 e. The Morgan fingerprint density at radius 3 is 1.45 bits per heavy atom. The van der Waals surface area contributed by atoms with Crippen LogP contribution in [0.3, 0.4) is 0 Å². The Kier molecular flexibility index (Phi) is 20.1. The molecule has 2 unspecified atom stereocenters. The Morgan fingerprint density at radius 1 is 0.493 bits per heavy atom. The van der Waals surface area contributed by atoms with Crippen molar-refractivity contribution in [1.82, 2.24) is 9.80 Å². The first-order valence-electron chi connectivity index (χ1n) is 28.8. The van der Waals surface area contributed by atoms with Gasteiger partial charge in [0, 0.05) is 43.5 Å². The zero-order valence-electron chi connectivity index (χ0n) is 47.1. The third kappa shape index (κ3) is 13.1. The first-order chi connectivity index (χ1) is 35.0. The Bertz CT molecular complexity index is 2760. The highest BCUT2D eigenvalue weighted by Crippen LogP contribution is 2.53. The summed E-state index contributed by atoms with van der Waals surface area (Å²) < 4.78 is 2.49. The quantitative estimate of drug-likeness (QED) is 0.0354. The summed E-state index contributed by atoms with van der Waals surface area (Å²) in [5.74, 6) is 0.861. The minimum atomic E-state index is -0.0576. The third-order valence-electron chi connectivity index (χ3n) is 15.5. The molecule has 0 radical (unpaired) electrons. The summed E-state index contributed by atoms with van der Waals surface area (Å²) in [5.41, 5.74) is 4.91. The van der Waals surface area contributed by atoms with Crippen LogP contribution in [-0.2, 0) is 26.8 Å². The molecule has 2 aliphatic heterocycles. The van der Waals surface area contributed by atoms with E-state index in [1.54, 1.807) is 29.6 Å². The number of unbranched alkanes of at least 4 members (excludes halogenated alkanes) is 11. The van der Waals surface area contributed by atoms with Gasteiger partial charge in [0.15, 0.2) is 5.78 Å². The molecule has 4 aromatic heterocycles. The van der Waals surface area contributed by atoms with E-state index in [0.29, 0.717) is 36.1 Å². The predicted octanol–water partition coefficient (Wildman–Crippen LogP) is 20.2. The number of hydrogen-bond donors (Lipinski definition) is 0. The van der Waals surface area contributed by atoms with Crippen LogP contribution in [0.25, 0.3) is 41.3 Å². The van der Waals surface area contributed by atoms with E-state index in [4.69, 9.17) is 0 Å². The Labute approximate surface area is 457 Å². The average Bonchev–Trinajstić information content (AvgIpc) is 4.21. The molecule has 1 aromatic carbocycles. The molecule has 0 saturated carbocycles. The minimum absolute atomic E-state index is 0.000647. The van der Waals surface area contributed by atoms with E-state index in [1.165, 1.54) is 92.8 Å². The Hall–Kier alpha value is -3.37. The average molecular weight is 1060 g/mol. The number of thiophene rings is 4. The van der Waals surface area contributed by atoms with Crippen LogP contribution >= 0.6 is 45.3 Å². The van der Waals surface area contributed by atoms with E-state index in [9.17, 15) is 4.79 Å². The van der Waals surface area contributed by atoms with Crippen molar-refractivity contribution in [2.75, 3.05) is 13.1 Å². The molecule has 2 amide bonds. The summed E-state index contributed by atoms with van der Waals surface area (Å²) in [4.78, 5) is 56.5. The second-order valence-corrected chi connectivity index (χ2v) is 28.0. The standard InChI is InChI=1S/C64H90N2O3S4/c1-13-18-23-26-31-43(29-21-16-4)40-65-57(55-56(62(65)69)58(50-36-37-52(71-50)63(7,8)9)66(61(55)68)41-44(30-22-17-5)32-27-24-19-14-2)49-35-34-48(70-49)51-38-46-45(33-28-25-20-15-3)54(42(6)67)47-39-53(64(10,11)12)73-60(47)59(46)72-51/h34-39,43-44H,13-33,40-41H2,1-12H3. The van der Waals surface area contributed by atoms with Crippen molar-refractivity contribution in [1.29, 1.82) is 0 Å². The van der Waals surface area contributed by atoms with E-state index in [1.807, 2.05) is 22.7 Å². The predicted molar refractivity (Wildman–Crippen MR) is 321 cm³/mol. The van der Waals surface area contributed by atoms with Gasteiger partial charge in [0.25, 0.3) is 11.8 Å². The molecule has 0 N–H and O–H groups in total. The summed E-state index contributed by atoms with van der Waals surface area (Å²) in [6.07, 6.45) is 23.9. The number of carbonyl (C=O) groups excluding carboxylic acids is 3. The molecule has 2 atom stereocenters. The van der Waals surface area contributed by atoms with Crippen LogP contribution in [0.1, 0.15) is 247 Å². The number of rotatable bonds is 29. The SMILES string of the molecule is CCCCCCc1c(C(C)=O)c2cc(C(C)(C)C)sc2c2sc(-c3ccc(C4=C5C(=O)N(CC(CCCC)CCCCCC)C(c6ccc(C(C)(C)C)s6)=C5C(=O)N4CC(CCCC)CCCCCC)s3)cc12. The van der Waals surface area contributed by atoms with Crippen LogP contribution in [0.4, 0.5) is 0 Å². The molecule has 5 aromatic rings. The fourth-order valence-corrected chi connectivity index (χ4v) is 16.1. The normalized spacial score (nSPS) is 15.4. The molecule has 6 heterocycles. The third-order valence-corrected chi connectivity index (χ3v) is 21.2. The number of aryl methyl sites for hydroxylation is 1. The van der Waals surface area contributed by atoms with Crippen molar-refractivity contribution in [3.8, 4) is 9.75 Å². The van der Waals surface area contributed by atoms with Crippen LogP contribution < -0.4 is 0 Å². The number of amides is 2. The number of ketones is 1. The lowest BCUT2D eigenvalue weighted by atomic mass is 9.90. The molecule has 7 rings (SSSR count). The first kappa shape index (κ1) is 57.3. The number of benzene rings is 1. The number of carbonyl (C=O) groups is 3. The van der Waals surface area contributed by atoms with E-state index in [-0.39, 0.29) is 28.4 Å². The van der Waals surface area contributed by atoms with Gasteiger partial charge in [0.2, 0.25) is 0 Å². The van der Waals surface area contributed by atoms with Gasteiger partial charge in [-0.3, -0.25) is 14.4 Å². The van der Waals surface area contributed by atoms with Crippen molar-refractivity contribution in [3.63, 3.8) is 0 Å². The van der Waals surface area contributed by atoms with Crippen LogP contribution in [-0.4, -0.2) is 40.5 Å². The molecule has 0 fully saturated rings. The van der Waals surface area contributed by atoms with E-state index in [0.717, 1.165) is 114 Å². The van der Waals surface area contributed by atoms with E-state index >= 15 is 9.59 Å². The van der Waals surface area contributed by atoms with Gasteiger partial charge in [-0.15, -0.1) is 45.3 Å². The van der Waals surface area contributed by atoms with Gasteiger partial charge in [0.1, 0.15) is 0 Å². The van der Waals surface area contributed by atoms with Gasteiger partial charge in [-0.2, -0.15) is 0 Å². The van der Waals surface area contributed by atoms with Crippen molar-refractivity contribution in [2.24, 2.45) is 11.8 Å². The van der Waals surface area contributed by atoms with Crippen molar-refractivity contribution in [2.45, 2.75) is 229 Å². The zero-order chi connectivity index (χ0) is 52.6. The molecule has 73 heavy (non-hydrogen) atoms. The summed E-state index contributed by atoms with van der Waals surface area (Å²) in [5, 5.41) is 2.32. The summed E-state index contributed by atoms with van der Waals surface area (Å²) in [6.45, 7) is 27.9. The van der Waals surface area contributed by atoms with Gasteiger partial charge in [0.05, 0.1) is 41.7 Å². The van der Waals surface area contributed by atoms with Gasteiger partial charge in [-0.1, -0.05) is 172 Å². The lowest BCUT2D eigenvalue weighted by Gasteiger charge is -2.29. The molecule has 2 aliphatic rings. The maximum atomic E-state index is 15.8. The molecule has 398 valence electrons. The highest BCUT2D eigenvalue weighted by molar-refractivity contribution is 7.30. The molecular weight excluding hydrogens is 973 g/mol. The smallest absolute Gasteiger partial charge is 0.261 e. The van der Waals surface area contributed by atoms with Gasteiger partial charge in [-0.05, 0) is 115 Å². The minimum Gasteiger partial charge on any atom is -0.306 e. The van der Waals surface area contributed by atoms with Crippen molar-refractivity contribution in [3.05, 3.63) is 78.2 Å². The van der Waals surface area contributed by atoms with Crippen LogP contribution in [0.5, 0.6) is 0 Å². The Balaban J connectivity index is 1.41. The highest BCUT2D eigenvalue weighted by atomic mass is 32.1. The summed E-state index contributed by atoms with van der Waals surface area (Å²) in [7, 11) is 0. The van der Waals surface area contributed by atoms with Crippen LogP contribution in [0, 0.1) is 11.8 Å². The largest absolute Gasteiger partial charge is 0.306 e. The molecule has 5 nitrogen and oxygen atoms in total. The van der Waals surface area contributed by atoms with E-state index < -0.39 is 0 Å². The molecular formula is C64H90N2O3S4. The monoisotopic (exact) mass is 1060 g/mol. The fraction of sp³-hybridized carbons (Fsp3) is 0.609. The van der Waals surface area contributed by atoms with Gasteiger partial charge < -0.3 is 9.80 Å². The van der Waals surface area contributed by atoms with Crippen molar-refractivity contribution >= 4 is 94.5 Å². The summed E-state index contributed by atoms with van der Waals surface area (Å²) in [6, 6.07) is 13.6. The number of nitrogens with zero attached hydrogens (tertiary/aromatic N) is 2. The number of Topliss-reactive ketones (excluding diaryl/α,β-unsaturated/α-hetero) is 1. The van der Waals surface area contributed by atoms with Crippen molar-refractivity contribution < 1.29 is 14.4 Å². The summed E-state index contributed by atoms with van der Waals surface area (Å²) >= 11 is 7.19. The number of hydrogen-bond acceptors (Lipinski definition) is 7. The van der Waals surface area contributed by atoms with Gasteiger partial charge >= 0.3 is 0 Å². The Morgan fingerprint density at radius 2 is 0.959 bits per heavy atom. The maximum absolute atomic E-state index is 15.8. The van der Waals surface area contributed by atoms with Crippen LogP contribution in [0.15, 0.2) is 47.5 Å². The molecule has 9 heteroatoms. The fourth-order valence-electron chi connectivity index (χ4n) is 11.3.